The van der Waals surface area contributed by atoms with Crippen LogP contribution in [0.25, 0.3) is 10.6 Å². The van der Waals surface area contributed by atoms with Crippen LogP contribution in [0.3, 0.4) is 0 Å². The fraction of sp³-hybridized carbons (Fsp3) is 0.500. The molecule has 26 heavy (non-hydrogen) atoms. The Morgan fingerprint density at radius 3 is 2.92 bits per heavy atom. The molecule has 0 radical (unpaired) electrons. The lowest BCUT2D eigenvalue weighted by Gasteiger charge is -2.37. The second kappa shape index (κ2) is 8.95. The van der Waals surface area contributed by atoms with Gasteiger partial charge in [0.25, 0.3) is 5.91 Å². The highest BCUT2D eigenvalue weighted by atomic mass is 32.1. The quantitative estimate of drug-likeness (QED) is 0.654. The molecule has 1 aliphatic rings. The molecule has 3 rings (SSSR count). The minimum absolute atomic E-state index is 0.138. The van der Waals surface area contributed by atoms with Gasteiger partial charge >= 0.3 is 0 Å². The smallest absolute Gasteiger partial charge is 0.273 e. The van der Waals surface area contributed by atoms with Crippen molar-refractivity contribution in [3.8, 4) is 10.6 Å². The number of aromatic nitrogens is 1. The SMILES string of the molecule is CNC(=O)C1CN(CCCCCNC(=O)c2cc(-c3cccs3)on2)C1. The Kier molecular flexibility index (Phi) is 6.40. The van der Waals surface area contributed by atoms with Crippen LogP contribution in [-0.2, 0) is 4.79 Å². The molecule has 0 saturated carbocycles. The monoisotopic (exact) mass is 376 g/mol. The Balaban J connectivity index is 1.26. The largest absolute Gasteiger partial charge is 0.359 e. The van der Waals surface area contributed by atoms with Gasteiger partial charge in [-0.2, -0.15) is 0 Å². The van der Waals surface area contributed by atoms with E-state index in [1.54, 1.807) is 24.5 Å². The second-order valence-corrected chi connectivity index (χ2v) is 7.39. The number of hydrogen-bond acceptors (Lipinski definition) is 6. The Morgan fingerprint density at radius 1 is 1.35 bits per heavy atom. The van der Waals surface area contributed by atoms with Crippen molar-refractivity contribution in [3.05, 3.63) is 29.3 Å². The molecule has 1 saturated heterocycles. The molecule has 2 N–H and O–H groups in total. The van der Waals surface area contributed by atoms with E-state index in [0.717, 1.165) is 43.8 Å². The van der Waals surface area contributed by atoms with Crippen molar-refractivity contribution in [1.82, 2.24) is 20.7 Å². The average molecular weight is 376 g/mol. The molecule has 0 spiro atoms. The highest BCUT2D eigenvalue weighted by molar-refractivity contribution is 7.13. The average Bonchev–Trinajstić information content (AvgIpc) is 3.29. The van der Waals surface area contributed by atoms with E-state index >= 15 is 0 Å². The van der Waals surface area contributed by atoms with E-state index in [1.807, 2.05) is 17.5 Å². The number of carbonyl (C=O) groups is 2. The third kappa shape index (κ3) is 4.70. The summed E-state index contributed by atoms with van der Waals surface area (Å²) in [5.74, 6) is 0.711. The van der Waals surface area contributed by atoms with Gasteiger partial charge < -0.3 is 20.1 Å². The predicted octanol–water partition coefficient (Wildman–Crippen LogP) is 1.98. The molecule has 0 bridgehead atoms. The molecule has 2 aromatic rings. The maximum absolute atomic E-state index is 12.1. The summed E-state index contributed by atoms with van der Waals surface area (Å²) in [5, 5.41) is 11.4. The third-order valence-electron chi connectivity index (χ3n) is 4.52. The van der Waals surface area contributed by atoms with Crippen molar-refractivity contribution in [1.29, 1.82) is 0 Å². The van der Waals surface area contributed by atoms with Gasteiger partial charge in [-0.25, -0.2) is 0 Å². The van der Waals surface area contributed by atoms with Gasteiger partial charge in [-0.05, 0) is 30.8 Å². The molecule has 0 aromatic carbocycles. The molecule has 0 unspecified atom stereocenters. The van der Waals surface area contributed by atoms with Gasteiger partial charge in [0.15, 0.2) is 11.5 Å². The van der Waals surface area contributed by atoms with Crippen molar-refractivity contribution in [2.45, 2.75) is 19.3 Å². The first-order chi connectivity index (χ1) is 12.7. The van der Waals surface area contributed by atoms with E-state index in [-0.39, 0.29) is 17.7 Å². The second-order valence-electron chi connectivity index (χ2n) is 6.44. The fourth-order valence-electron chi connectivity index (χ4n) is 2.97. The Hall–Kier alpha value is -2.19. The molecule has 3 heterocycles. The first-order valence-electron chi connectivity index (χ1n) is 8.90. The first-order valence-corrected chi connectivity index (χ1v) is 9.78. The van der Waals surface area contributed by atoms with Crippen LogP contribution in [0.15, 0.2) is 28.1 Å². The number of carbonyl (C=O) groups excluding carboxylic acids is 2. The normalized spacial score (nSPS) is 14.8. The lowest BCUT2D eigenvalue weighted by atomic mass is 9.99. The summed E-state index contributed by atoms with van der Waals surface area (Å²) in [4.78, 5) is 26.7. The van der Waals surface area contributed by atoms with E-state index < -0.39 is 0 Å². The van der Waals surface area contributed by atoms with Crippen LogP contribution >= 0.6 is 11.3 Å². The number of amides is 2. The van der Waals surface area contributed by atoms with Crippen LogP contribution in [0, 0.1) is 5.92 Å². The number of thiophene rings is 1. The van der Waals surface area contributed by atoms with E-state index in [4.69, 9.17) is 4.52 Å². The number of likely N-dealkylation sites (tertiary alicyclic amines) is 1. The van der Waals surface area contributed by atoms with Gasteiger partial charge in [-0.15, -0.1) is 11.3 Å². The highest BCUT2D eigenvalue weighted by Gasteiger charge is 2.31. The van der Waals surface area contributed by atoms with Gasteiger partial charge in [0, 0.05) is 32.7 Å². The van der Waals surface area contributed by atoms with Crippen LogP contribution in [-0.4, -0.2) is 55.1 Å². The minimum Gasteiger partial charge on any atom is -0.359 e. The highest BCUT2D eigenvalue weighted by Crippen LogP contribution is 2.25. The number of nitrogens with zero attached hydrogens (tertiary/aromatic N) is 2. The molecule has 0 atom stereocenters. The molecule has 1 aliphatic heterocycles. The van der Waals surface area contributed by atoms with E-state index in [0.29, 0.717) is 18.0 Å². The molecule has 7 nitrogen and oxygen atoms in total. The lowest BCUT2D eigenvalue weighted by Crippen LogP contribution is -2.53. The Morgan fingerprint density at radius 2 is 2.19 bits per heavy atom. The van der Waals surface area contributed by atoms with Gasteiger partial charge in [-0.3, -0.25) is 9.59 Å². The van der Waals surface area contributed by atoms with Crippen LogP contribution in [0.1, 0.15) is 29.8 Å². The topological polar surface area (TPSA) is 87.5 Å². The van der Waals surface area contributed by atoms with Crippen molar-refractivity contribution in [2.75, 3.05) is 33.2 Å². The van der Waals surface area contributed by atoms with Crippen molar-refractivity contribution in [3.63, 3.8) is 0 Å². The molecule has 2 aromatic heterocycles. The zero-order chi connectivity index (χ0) is 18.4. The van der Waals surface area contributed by atoms with E-state index in [1.165, 1.54) is 0 Å². The summed E-state index contributed by atoms with van der Waals surface area (Å²) in [7, 11) is 1.68. The van der Waals surface area contributed by atoms with Crippen molar-refractivity contribution in [2.24, 2.45) is 5.92 Å². The maximum atomic E-state index is 12.1. The summed E-state index contributed by atoms with van der Waals surface area (Å²) in [5.41, 5.74) is 0.314. The number of unbranched alkanes of at least 4 members (excludes halogenated alkanes) is 2. The zero-order valence-electron chi connectivity index (χ0n) is 14.9. The van der Waals surface area contributed by atoms with E-state index in [9.17, 15) is 9.59 Å². The van der Waals surface area contributed by atoms with Gasteiger partial charge in [0.05, 0.1) is 10.8 Å². The summed E-state index contributed by atoms with van der Waals surface area (Å²) < 4.78 is 5.22. The minimum atomic E-state index is -0.201. The summed E-state index contributed by atoms with van der Waals surface area (Å²) >= 11 is 1.55. The number of rotatable bonds is 9. The van der Waals surface area contributed by atoms with Crippen LogP contribution < -0.4 is 10.6 Å². The molecule has 140 valence electrons. The van der Waals surface area contributed by atoms with E-state index in [2.05, 4.69) is 20.7 Å². The Labute approximate surface area is 156 Å². The predicted molar refractivity (Wildman–Crippen MR) is 100.0 cm³/mol. The Bertz CT molecular complexity index is 723. The van der Waals surface area contributed by atoms with Crippen LogP contribution in [0.5, 0.6) is 0 Å². The lowest BCUT2D eigenvalue weighted by molar-refractivity contribution is -0.129. The van der Waals surface area contributed by atoms with Gasteiger partial charge in [0.2, 0.25) is 5.91 Å². The van der Waals surface area contributed by atoms with Crippen LogP contribution in [0.4, 0.5) is 0 Å². The fourth-order valence-corrected chi connectivity index (χ4v) is 3.64. The summed E-state index contributed by atoms with van der Waals surface area (Å²) in [6.45, 7) is 3.35. The van der Waals surface area contributed by atoms with Gasteiger partial charge in [0.1, 0.15) is 0 Å². The first kappa shape index (κ1) is 18.6. The van der Waals surface area contributed by atoms with Crippen LogP contribution in [0.2, 0.25) is 0 Å². The standard InChI is InChI=1S/C18H24N4O3S/c1-19-17(23)13-11-22(12-13)8-4-2-3-7-20-18(24)14-10-15(25-21-14)16-6-5-9-26-16/h5-6,9-10,13H,2-4,7-8,11-12H2,1H3,(H,19,23)(H,20,24). The summed E-state index contributed by atoms with van der Waals surface area (Å²) in [6, 6.07) is 5.54. The van der Waals surface area contributed by atoms with Gasteiger partial charge in [-0.1, -0.05) is 17.6 Å². The van der Waals surface area contributed by atoms with Crippen molar-refractivity contribution < 1.29 is 14.1 Å². The number of nitrogens with one attached hydrogen (secondary N) is 2. The van der Waals surface area contributed by atoms with Crippen molar-refractivity contribution >= 4 is 23.2 Å². The third-order valence-corrected chi connectivity index (χ3v) is 5.40. The summed E-state index contributed by atoms with van der Waals surface area (Å²) in [6.07, 6.45) is 3.04. The molecular weight excluding hydrogens is 352 g/mol. The molecular formula is C18H24N4O3S. The molecule has 8 heteroatoms. The number of hydrogen-bond donors (Lipinski definition) is 2. The molecule has 2 amide bonds. The molecule has 0 aliphatic carbocycles. The maximum Gasteiger partial charge on any atom is 0.273 e. The molecule has 1 fully saturated rings. The zero-order valence-corrected chi connectivity index (χ0v) is 15.7.